The van der Waals surface area contributed by atoms with Crippen LogP contribution >= 0.6 is 0 Å². The average molecular weight is 223 g/mol. The van der Waals surface area contributed by atoms with Gasteiger partial charge in [-0.15, -0.1) is 11.1 Å². The number of hydrogen-bond donors (Lipinski definition) is 0. The lowest BCUT2D eigenvalue weighted by molar-refractivity contribution is -0.108. The van der Waals surface area contributed by atoms with E-state index < -0.39 is 16.1 Å². The van der Waals surface area contributed by atoms with E-state index in [-0.39, 0.29) is 5.78 Å². The van der Waals surface area contributed by atoms with Gasteiger partial charge < -0.3 is 0 Å². The Morgan fingerprint density at radius 2 is 1.07 bits per heavy atom. The zero-order valence-corrected chi connectivity index (χ0v) is 11.9. The predicted octanol–water partition coefficient (Wildman–Crippen LogP) is 2.32. The second-order valence-corrected chi connectivity index (χ2v) is 14.8. The van der Waals surface area contributed by atoms with E-state index in [0.717, 1.165) is 0 Å². The third-order valence-corrected chi connectivity index (χ3v) is 2.85. The van der Waals surface area contributed by atoms with Crippen molar-refractivity contribution in [1.29, 1.82) is 0 Å². The summed E-state index contributed by atoms with van der Waals surface area (Å²) >= 11 is 0. The molecule has 14 heavy (non-hydrogen) atoms. The van der Waals surface area contributed by atoms with E-state index in [1.165, 1.54) is 0 Å². The molecule has 0 aliphatic carbocycles. The number of ketones is 1. The summed E-state index contributed by atoms with van der Waals surface area (Å²) in [5.74, 6) is 5.01. The molecule has 0 aromatic rings. The summed E-state index contributed by atoms with van der Waals surface area (Å²) in [6.45, 7) is 12.7. The first-order valence-electron chi connectivity index (χ1n) is 4.70. The maximum absolute atomic E-state index is 11.2. The van der Waals surface area contributed by atoms with Crippen molar-refractivity contribution in [3.63, 3.8) is 0 Å². The first-order chi connectivity index (χ1) is 6.10. The molecule has 0 amide bonds. The summed E-state index contributed by atoms with van der Waals surface area (Å²) in [6.07, 6.45) is 0. The van der Waals surface area contributed by atoms with Crippen LogP contribution in [0.2, 0.25) is 39.3 Å². The monoisotopic (exact) mass is 223 g/mol. The predicted molar refractivity (Wildman–Crippen MR) is 67.3 cm³/mol. The Labute approximate surface area is 89.3 Å². The maximum atomic E-state index is 11.2. The Balaban J connectivity index is 4.51. The molecule has 0 bridgehead atoms. The van der Waals surface area contributed by atoms with E-state index >= 15 is 0 Å². The van der Waals surface area contributed by atoms with Crippen molar-refractivity contribution in [2.45, 2.75) is 39.3 Å². The van der Waals surface area contributed by atoms with Crippen LogP contribution in [0.3, 0.4) is 0 Å². The zero-order chi connectivity index (χ0) is 11.4. The minimum atomic E-state index is -1.43. The fourth-order valence-electron chi connectivity index (χ4n) is 0.520. The van der Waals surface area contributed by atoms with Crippen molar-refractivity contribution in [3.05, 3.63) is 0 Å². The molecule has 0 fully saturated rings. The van der Waals surface area contributed by atoms with Gasteiger partial charge in [0.2, 0.25) is 0 Å². The van der Waals surface area contributed by atoms with Gasteiger partial charge in [0.15, 0.2) is 0 Å². The van der Waals surface area contributed by atoms with Crippen LogP contribution in [-0.2, 0) is 4.79 Å². The van der Waals surface area contributed by atoms with Crippen molar-refractivity contribution < 1.29 is 4.79 Å². The minimum Gasteiger partial charge on any atom is -0.270 e. The van der Waals surface area contributed by atoms with Crippen LogP contribution in [0.25, 0.3) is 0 Å². The smallest absolute Gasteiger partial charge is 0.270 e. The van der Waals surface area contributed by atoms with Crippen molar-refractivity contribution in [2.24, 2.45) is 0 Å². The fraction of sp³-hybridized carbons (Fsp3) is 0.545. The Morgan fingerprint density at radius 1 is 0.786 bits per heavy atom. The number of hydrogen-bond acceptors (Lipinski definition) is 1. The van der Waals surface area contributed by atoms with Crippen LogP contribution in [0.1, 0.15) is 0 Å². The van der Waals surface area contributed by atoms with E-state index in [2.05, 4.69) is 62.2 Å². The third kappa shape index (κ3) is 9.31. The van der Waals surface area contributed by atoms with Gasteiger partial charge >= 0.3 is 0 Å². The van der Waals surface area contributed by atoms with Crippen LogP contribution in [0.5, 0.6) is 0 Å². The highest BCUT2D eigenvalue weighted by molar-refractivity contribution is 6.84. The fourth-order valence-corrected chi connectivity index (χ4v) is 1.50. The second kappa shape index (κ2) is 4.64. The highest BCUT2D eigenvalue weighted by Gasteiger charge is 2.09. The molecule has 0 atom stereocenters. The van der Waals surface area contributed by atoms with Crippen molar-refractivity contribution in [1.82, 2.24) is 0 Å². The molecule has 0 aliphatic rings. The first kappa shape index (κ1) is 13.2. The summed E-state index contributed by atoms with van der Waals surface area (Å²) in [5.41, 5.74) is 6.02. The van der Waals surface area contributed by atoms with Crippen LogP contribution in [-0.4, -0.2) is 21.9 Å². The van der Waals surface area contributed by atoms with Crippen molar-refractivity contribution in [3.8, 4) is 22.9 Å². The van der Waals surface area contributed by atoms with Gasteiger partial charge in [-0.3, -0.25) is 4.79 Å². The molecule has 0 aromatic heterocycles. The minimum absolute atomic E-state index is 0.227. The van der Waals surface area contributed by atoms with Crippen molar-refractivity contribution >= 4 is 21.9 Å². The Kier molecular flexibility index (Phi) is 4.38. The van der Waals surface area contributed by atoms with E-state index in [9.17, 15) is 4.79 Å². The normalized spacial score (nSPS) is 10.7. The van der Waals surface area contributed by atoms with Gasteiger partial charge in [-0.25, -0.2) is 0 Å². The van der Waals surface area contributed by atoms with Crippen LogP contribution in [0, 0.1) is 22.9 Å². The molecule has 0 heterocycles. The van der Waals surface area contributed by atoms with Crippen LogP contribution < -0.4 is 0 Å². The molecule has 0 spiro atoms. The van der Waals surface area contributed by atoms with E-state index in [1.807, 2.05) is 0 Å². The lowest BCUT2D eigenvalue weighted by atomic mass is 10.8. The average Bonchev–Trinajstić information content (AvgIpc) is 1.94. The largest absolute Gasteiger partial charge is 0.277 e. The Bertz CT molecular complexity index is 300. The quantitative estimate of drug-likeness (QED) is 0.350. The standard InChI is InChI=1S/C11H18OSi2/c1-13(2,3)9-7-11(12)8-10-14(4,5)6/h1-6H3/i11+1. The summed E-state index contributed by atoms with van der Waals surface area (Å²) in [5, 5.41) is 0. The second-order valence-electron chi connectivity index (χ2n) is 5.33. The Hall–Kier alpha value is -0.776. The number of Topliss-reactive ketones (excluding diaryl/α,β-unsaturated/α-hetero) is 1. The first-order valence-corrected chi connectivity index (χ1v) is 11.7. The lowest BCUT2D eigenvalue weighted by Crippen LogP contribution is -2.18. The summed E-state index contributed by atoms with van der Waals surface area (Å²) in [7, 11) is -2.87. The molecule has 3 heteroatoms. The van der Waals surface area contributed by atoms with Gasteiger partial charge in [-0.1, -0.05) is 39.3 Å². The van der Waals surface area contributed by atoms with Gasteiger partial charge in [0, 0.05) is 0 Å². The van der Waals surface area contributed by atoms with E-state index in [0.29, 0.717) is 0 Å². The molecular weight excluding hydrogens is 205 g/mol. The number of rotatable bonds is 0. The molecule has 0 aromatic carbocycles. The van der Waals surface area contributed by atoms with Gasteiger partial charge in [-0.2, -0.15) is 0 Å². The van der Waals surface area contributed by atoms with Gasteiger partial charge in [-0.05, 0) is 11.8 Å². The van der Waals surface area contributed by atoms with Gasteiger partial charge in [0.1, 0.15) is 16.1 Å². The van der Waals surface area contributed by atoms with Gasteiger partial charge in [0.05, 0.1) is 0 Å². The number of carbonyl (C=O) groups excluding carboxylic acids is 1. The molecule has 0 unspecified atom stereocenters. The molecule has 0 radical (unpaired) electrons. The molecule has 0 N–H and O–H groups in total. The topological polar surface area (TPSA) is 17.1 Å². The highest BCUT2D eigenvalue weighted by Crippen LogP contribution is 1.97. The van der Waals surface area contributed by atoms with E-state index in [1.54, 1.807) is 0 Å². The molecule has 76 valence electrons. The lowest BCUT2D eigenvalue weighted by Gasteiger charge is -2.03. The Morgan fingerprint density at radius 3 is 1.29 bits per heavy atom. The molecule has 1 nitrogen and oxygen atoms in total. The van der Waals surface area contributed by atoms with Crippen molar-refractivity contribution in [2.75, 3.05) is 0 Å². The third-order valence-electron chi connectivity index (χ3n) is 1.10. The summed E-state index contributed by atoms with van der Waals surface area (Å²) < 4.78 is 0. The zero-order valence-electron chi connectivity index (χ0n) is 9.91. The number of carbonyl (C=O) groups is 1. The molecular formula is C11H18OSi2. The SMILES string of the molecule is C[Si](C)(C)C#C[13C](=O)C#C[Si](C)(C)C. The van der Waals surface area contributed by atoms with E-state index in [4.69, 9.17) is 0 Å². The molecule has 0 aliphatic heterocycles. The summed E-state index contributed by atoms with van der Waals surface area (Å²) in [4.78, 5) is 11.2. The summed E-state index contributed by atoms with van der Waals surface area (Å²) in [6, 6.07) is 0. The van der Waals surface area contributed by atoms with Crippen LogP contribution in [0.15, 0.2) is 0 Å². The maximum Gasteiger partial charge on any atom is 0.277 e. The highest BCUT2D eigenvalue weighted by atomic mass is 28.3. The molecule has 0 saturated heterocycles. The van der Waals surface area contributed by atoms with Crippen LogP contribution in [0.4, 0.5) is 0 Å². The molecule has 0 rings (SSSR count). The molecule has 0 saturated carbocycles. The van der Waals surface area contributed by atoms with Gasteiger partial charge in [0.25, 0.3) is 5.78 Å².